The Morgan fingerprint density at radius 3 is 2.66 bits per heavy atom. The lowest BCUT2D eigenvalue weighted by molar-refractivity contribution is -0.140. The first kappa shape index (κ1) is 25.2. The van der Waals surface area contributed by atoms with Gasteiger partial charge in [0, 0.05) is 31.6 Å². The second-order valence-corrected chi connectivity index (χ2v) is 7.52. The summed E-state index contributed by atoms with van der Waals surface area (Å²) in [5, 5.41) is 8.51. The number of urea groups is 2. The minimum absolute atomic E-state index is 0.111. The number of ether oxygens (including phenoxy) is 2. The number of carbonyl (C=O) groups excluding carboxylic acids is 3. The predicted octanol–water partition coefficient (Wildman–Crippen LogP) is 3.55. The Labute approximate surface area is 189 Å². The molecule has 176 valence electrons. The molecule has 1 aliphatic rings. The van der Waals surface area contributed by atoms with Gasteiger partial charge < -0.3 is 25.4 Å². The molecular formula is C23H34N4O5. The number of anilines is 1. The van der Waals surface area contributed by atoms with E-state index in [1.54, 1.807) is 36.1 Å². The van der Waals surface area contributed by atoms with E-state index in [0.717, 1.165) is 19.3 Å². The van der Waals surface area contributed by atoms with E-state index in [-0.39, 0.29) is 25.3 Å². The Morgan fingerprint density at radius 2 is 1.97 bits per heavy atom. The lowest BCUT2D eigenvalue weighted by Crippen LogP contribution is -2.48. The van der Waals surface area contributed by atoms with Crippen molar-refractivity contribution in [1.82, 2.24) is 15.5 Å². The number of allylic oxidation sites excluding steroid dienone is 1. The molecule has 32 heavy (non-hydrogen) atoms. The van der Waals surface area contributed by atoms with Gasteiger partial charge in [-0.3, -0.25) is 4.90 Å². The van der Waals surface area contributed by atoms with Crippen LogP contribution in [0.3, 0.4) is 0 Å². The van der Waals surface area contributed by atoms with Crippen molar-refractivity contribution < 1.29 is 23.9 Å². The van der Waals surface area contributed by atoms with Crippen LogP contribution in [0.1, 0.15) is 51.6 Å². The molecule has 3 N–H and O–H groups in total. The number of nitrogens with zero attached hydrogens (tertiary/aromatic N) is 1. The number of benzene rings is 1. The highest BCUT2D eigenvalue weighted by atomic mass is 16.6. The van der Waals surface area contributed by atoms with E-state index in [1.807, 2.05) is 6.92 Å². The number of esters is 1. The molecule has 0 aliphatic carbocycles. The van der Waals surface area contributed by atoms with Gasteiger partial charge in [-0.2, -0.15) is 0 Å². The summed E-state index contributed by atoms with van der Waals surface area (Å²) in [5.41, 5.74) is 2.14. The Kier molecular flexibility index (Phi) is 10.0. The van der Waals surface area contributed by atoms with Crippen molar-refractivity contribution in [1.29, 1.82) is 0 Å². The van der Waals surface area contributed by atoms with Crippen molar-refractivity contribution in [3.05, 3.63) is 41.1 Å². The Morgan fingerprint density at radius 1 is 1.19 bits per heavy atom. The summed E-state index contributed by atoms with van der Waals surface area (Å²) in [5.74, 6) is -0.513. The first-order valence-electron chi connectivity index (χ1n) is 11.0. The van der Waals surface area contributed by atoms with Gasteiger partial charge >= 0.3 is 18.0 Å². The van der Waals surface area contributed by atoms with Gasteiger partial charge in [0.2, 0.25) is 0 Å². The van der Waals surface area contributed by atoms with E-state index < -0.39 is 12.0 Å². The molecule has 0 saturated heterocycles. The molecule has 0 saturated carbocycles. The zero-order chi connectivity index (χ0) is 23.5. The topological polar surface area (TPSA) is 109 Å². The lowest BCUT2D eigenvalue weighted by atomic mass is 9.94. The Hall–Kier alpha value is -3.07. The largest absolute Gasteiger partial charge is 0.460 e. The fraction of sp³-hybridized carbons (Fsp3) is 0.522. The summed E-state index contributed by atoms with van der Waals surface area (Å²) in [6, 6.07) is 5.79. The van der Waals surface area contributed by atoms with Gasteiger partial charge in [-0.15, -0.1) is 0 Å². The quantitative estimate of drug-likeness (QED) is 0.356. The highest BCUT2D eigenvalue weighted by molar-refractivity contribution is 5.95. The van der Waals surface area contributed by atoms with Gasteiger partial charge in [-0.25, -0.2) is 14.4 Å². The maximum Gasteiger partial charge on any atom is 0.338 e. The summed E-state index contributed by atoms with van der Waals surface area (Å²) >= 11 is 0. The monoisotopic (exact) mass is 446 g/mol. The average Bonchev–Trinajstić information content (AvgIpc) is 2.76. The van der Waals surface area contributed by atoms with E-state index in [1.165, 1.54) is 7.11 Å². The fourth-order valence-corrected chi connectivity index (χ4v) is 3.43. The van der Waals surface area contributed by atoms with Crippen LogP contribution in [0.25, 0.3) is 0 Å². The number of unbranched alkanes of at least 4 members (excludes halogenated alkanes) is 1. The summed E-state index contributed by atoms with van der Waals surface area (Å²) < 4.78 is 10.3. The number of amides is 4. The van der Waals surface area contributed by atoms with E-state index in [9.17, 15) is 14.4 Å². The molecule has 0 fully saturated rings. The maximum atomic E-state index is 12.9. The molecule has 9 heteroatoms. The SMILES string of the molecule is CCCCNC(=O)Nc1cccc(C2NC(=O)N(CCC)C(C)=C2C(=O)OCCOC)c1. The zero-order valence-corrected chi connectivity index (χ0v) is 19.3. The van der Waals surface area contributed by atoms with Crippen LogP contribution >= 0.6 is 0 Å². The number of hydrogen-bond acceptors (Lipinski definition) is 5. The normalized spacial score (nSPS) is 15.9. The molecule has 1 heterocycles. The molecule has 1 aromatic carbocycles. The summed E-state index contributed by atoms with van der Waals surface area (Å²) in [7, 11) is 1.53. The third kappa shape index (κ3) is 6.71. The van der Waals surface area contributed by atoms with E-state index in [4.69, 9.17) is 9.47 Å². The fourth-order valence-electron chi connectivity index (χ4n) is 3.43. The minimum atomic E-state index is -0.699. The summed E-state index contributed by atoms with van der Waals surface area (Å²) in [4.78, 5) is 39.4. The molecular weight excluding hydrogens is 412 g/mol. The molecule has 0 radical (unpaired) electrons. The molecule has 0 bridgehead atoms. The van der Waals surface area contributed by atoms with Crippen LogP contribution < -0.4 is 16.0 Å². The number of nitrogens with one attached hydrogen (secondary N) is 3. The number of hydrogen-bond donors (Lipinski definition) is 3. The van der Waals surface area contributed by atoms with E-state index in [0.29, 0.717) is 35.6 Å². The molecule has 1 aliphatic heterocycles. The summed E-state index contributed by atoms with van der Waals surface area (Å²) in [6.07, 6.45) is 2.63. The van der Waals surface area contributed by atoms with Gasteiger partial charge in [-0.1, -0.05) is 32.4 Å². The molecule has 1 unspecified atom stereocenters. The third-order valence-corrected chi connectivity index (χ3v) is 5.08. The molecule has 9 nitrogen and oxygen atoms in total. The van der Waals surface area contributed by atoms with Crippen molar-refractivity contribution in [2.45, 2.75) is 46.1 Å². The van der Waals surface area contributed by atoms with Crippen LogP contribution in [-0.2, 0) is 14.3 Å². The third-order valence-electron chi connectivity index (χ3n) is 5.08. The van der Waals surface area contributed by atoms with Crippen LogP contribution in [0.5, 0.6) is 0 Å². The molecule has 1 aromatic rings. The van der Waals surface area contributed by atoms with E-state index >= 15 is 0 Å². The second kappa shape index (κ2) is 12.7. The van der Waals surface area contributed by atoms with Gasteiger partial charge in [-0.05, 0) is 37.5 Å². The lowest BCUT2D eigenvalue weighted by Gasteiger charge is -2.35. The van der Waals surface area contributed by atoms with Crippen molar-refractivity contribution >= 4 is 23.7 Å². The molecule has 0 spiro atoms. The van der Waals surface area contributed by atoms with Crippen molar-refractivity contribution in [2.24, 2.45) is 0 Å². The van der Waals surface area contributed by atoms with Crippen LogP contribution in [0, 0.1) is 0 Å². The molecule has 4 amide bonds. The van der Waals surface area contributed by atoms with Gasteiger partial charge in [0.05, 0.1) is 18.2 Å². The van der Waals surface area contributed by atoms with Crippen LogP contribution in [-0.4, -0.2) is 56.3 Å². The molecule has 1 atom stereocenters. The van der Waals surface area contributed by atoms with Crippen LogP contribution in [0.2, 0.25) is 0 Å². The summed E-state index contributed by atoms with van der Waals surface area (Å²) in [6.45, 7) is 7.23. The smallest absolute Gasteiger partial charge is 0.338 e. The number of methoxy groups -OCH3 is 1. The van der Waals surface area contributed by atoms with Gasteiger partial charge in [0.15, 0.2) is 0 Å². The van der Waals surface area contributed by atoms with Crippen molar-refractivity contribution in [3.8, 4) is 0 Å². The second-order valence-electron chi connectivity index (χ2n) is 7.52. The minimum Gasteiger partial charge on any atom is -0.460 e. The van der Waals surface area contributed by atoms with Gasteiger partial charge in [0.1, 0.15) is 6.61 Å². The average molecular weight is 447 g/mol. The maximum absolute atomic E-state index is 12.9. The van der Waals surface area contributed by atoms with Gasteiger partial charge in [0.25, 0.3) is 0 Å². The highest BCUT2D eigenvalue weighted by Crippen LogP contribution is 2.32. The Balaban J connectivity index is 2.31. The van der Waals surface area contributed by atoms with Crippen LogP contribution in [0.15, 0.2) is 35.5 Å². The number of rotatable bonds is 11. The van der Waals surface area contributed by atoms with Crippen molar-refractivity contribution in [2.75, 3.05) is 38.7 Å². The molecule has 2 rings (SSSR count). The zero-order valence-electron chi connectivity index (χ0n) is 19.3. The highest BCUT2D eigenvalue weighted by Gasteiger charge is 2.36. The predicted molar refractivity (Wildman–Crippen MR) is 122 cm³/mol. The van der Waals surface area contributed by atoms with Crippen molar-refractivity contribution in [3.63, 3.8) is 0 Å². The first-order valence-corrected chi connectivity index (χ1v) is 11.0. The van der Waals surface area contributed by atoms with Crippen LogP contribution in [0.4, 0.5) is 15.3 Å². The first-order chi connectivity index (χ1) is 15.4. The Bertz CT molecular complexity index is 839. The molecule has 0 aromatic heterocycles. The number of carbonyl (C=O) groups is 3. The standard InChI is InChI=1S/C23H34N4O5/c1-5-7-11-24-22(29)25-18-10-8-9-17(15-18)20-19(21(28)32-14-13-31-4)16(3)27(12-6-2)23(30)26-20/h8-10,15,20H,5-7,11-14H2,1-4H3,(H,26,30)(H2,24,25,29). The van der Waals surface area contributed by atoms with E-state index in [2.05, 4.69) is 22.9 Å².